The Morgan fingerprint density at radius 1 is 1.11 bits per heavy atom. The van der Waals surface area contributed by atoms with E-state index in [1.165, 1.54) is 4.90 Å². The molecule has 4 fully saturated rings. The van der Waals surface area contributed by atoms with Crippen LogP contribution in [0.5, 0.6) is 0 Å². The smallest absolute Gasteiger partial charge is 0.255 e. The summed E-state index contributed by atoms with van der Waals surface area (Å²) in [5.41, 5.74) is -1.76. The molecule has 5 rings (SSSR count). The summed E-state index contributed by atoms with van der Waals surface area (Å²) in [6, 6.07) is -0.442. The Morgan fingerprint density at radius 2 is 1.80 bits per heavy atom. The summed E-state index contributed by atoms with van der Waals surface area (Å²) in [5, 5.41) is 33.0. The van der Waals surface area contributed by atoms with Crippen molar-refractivity contribution in [1.29, 1.82) is 0 Å². The van der Waals surface area contributed by atoms with Crippen molar-refractivity contribution < 1.29 is 33.7 Å². The fourth-order valence-electron chi connectivity index (χ4n) is 8.57. The number of ketones is 1. The van der Waals surface area contributed by atoms with Crippen LogP contribution in [0.3, 0.4) is 0 Å². The average Bonchev–Trinajstić information content (AvgIpc) is 3.58. The molecule has 0 aliphatic heterocycles. The highest BCUT2D eigenvalue weighted by Crippen LogP contribution is 2.67. The number of nitrogens with zero attached hydrogens (tertiary/aromatic N) is 1. The van der Waals surface area contributed by atoms with E-state index in [0.717, 1.165) is 12.8 Å². The summed E-state index contributed by atoms with van der Waals surface area (Å²) < 4.78 is 27.0. The highest BCUT2D eigenvalue weighted by atomic mass is 19.3. The number of hydrogen-bond acceptors (Lipinski definition) is 5. The van der Waals surface area contributed by atoms with Gasteiger partial charge in [0, 0.05) is 23.3 Å². The zero-order valence-electron chi connectivity index (χ0n) is 20.9. The van der Waals surface area contributed by atoms with Gasteiger partial charge in [0.15, 0.2) is 5.78 Å². The predicted octanol–water partition coefficient (Wildman–Crippen LogP) is 3.08. The van der Waals surface area contributed by atoms with Crippen molar-refractivity contribution >= 4 is 11.7 Å². The number of aliphatic hydroxyl groups is 3. The number of fused-ring (bicyclic) bond motifs is 5. The second-order valence-corrected chi connectivity index (χ2v) is 12.5. The number of carbonyl (C=O) groups is 2. The molecule has 4 saturated carbocycles. The maximum Gasteiger partial charge on any atom is 0.255 e. The molecule has 0 aromatic carbocycles. The number of aliphatic hydroxyl groups excluding tert-OH is 2. The fraction of sp³-hybridized carbons (Fsp3) is 0.852. The van der Waals surface area contributed by atoms with Crippen LogP contribution in [0.1, 0.15) is 72.1 Å². The topological polar surface area (TPSA) is 98.1 Å². The molecule has 9 atom stereocenters. The van der Waals surface area contributed by atoms with Gasteiger partial charge in [-0.1, -0.05) is 13.8 Å². The Morgan fingerprint density at radius 3 is 2.43 bits per heavy atom. The number of allylic oxidation sites excluding steroid dienone is 1. The van der Waals surface area contributed by atoms with E-state index in [1.54, 1.807) is 6.08 Å². The van der Waals surface area contributed by atoms with Crippen molar-refractivity contribution in [2.75, 3.05) is 6.54 Å². The molecular weight excluding hydrogens is 456 g/mol. The second-order valence-electron chi connectivity index (χ2n) is 12.5. The molecule has 5 aliphatic rings. The molecule has 1 amide bonds. The van der Waals surface area contributed by atoms with E-state index in [9.17, 15) is 33.7 Å². The predicted molar refractivity (Wildman–Crippen MR) is 124 cm³/mol. The molecule has 0 aromatic heterocycles. The Labute approximate surface area is 205 Å². The van der Waals surface area contributed by atoms with Gasteiger partial charge in [-0.15, -0.1) is 0 Å². The first-order chi connectivity index (χ1) is 16.3. The van der Waals surface area contributed by atoms with E-state index in [2.05, 4.69) is 0 Å². The first-order valence-corrected chi connectivity index (χ1v) is 13.3. The summed E-state index contributed by atoms with van der Waals surface area (Å²) in [6.07, 6.45) is 1.52. The van der Waals surface area contributed by atoms with Gasteiger partial charge in [-0.25, -0.2) is 8.78 Å². The van der Waals surface area contributed by atoms with Gasteiger partial charge >= 0.3 is 0 Å². The van der Waals surface area contributed by atoms with E-state index in [4.69, 9.17) is 0 Å². The van der Waals surface area contributed by atoms with Crippen LogP contribution in [-0.4, -0.2) is 68.7 Å². The lowest BCUT2D eigenvalue weighted by Gasteiger charge is -2.60. The number of rotatable bonds is 5. The Bertz CT molecular complexity index is 937. The summed E-state index contributed by atoms with van der Waals surface area (Å²) in [7, 11) is 0. The molecule has 7 unspecified atom stereocenters. The molecule has 5 aliphatic carbocycles. The van der Waals surface area contributed by atoms with Crippen molar-refractivity contribution in [2.45, 2.75) is 102 Å². The third-order valence-corrected chi connectivity index (χ3v) is 10.8. The van der Waals surface area contributed by atoms with Crippen LogP contribution < -0.4 is 0 Å². The lowest BCUT2D eigenvalue weighted by atomic mass is 9.46. The third-order valence-electron chi connectivity index (χ3n) is 10.8. The van der Waals surface area contributed by atoms with Gasteiger partial charge in [-0.05, 0) is 87.2 Å². The standard InChI is InChI=1S/C27H39F2NO5/c1-14(30(13-23(28)29)24(34)15-4-5-15)16-7-9-27(35)18-10-20(31)19-11-21(32)22(33)12-25(19,2)17(18)6-8-26(16,27)3/h10,14-17,19,21-23,32-33,35H,4-9,11-13H2,1-3H3/t14?,16?,17?,19?,21?,22-,25?,26?,27+/m0/s1. The Balaban J connectivity index is 1.48. The lowest BCUT2D eigenvalue weighted by Crippen LogP contribution is -2.61. The molecule has 8 heteroatoms. The SMILES string of the molecule is CC(C1CC[C@@]2(O)C3=CC(=O)C4CC(O)[C@@H](O)CC4(C)C3CCC12C)N(CC(F)F)C(=O)C1CC1. The molecule has 0 radical (unpaired) electrons. The van der Waals surface area contributed by atoms with Crippen LogP contribution in [0.2, 0.25) is 0 Å². The summed E-state index contributed by atoms with van der Waals surface area (Å²) >= 11 is 0. The van der Waals surface area contributed by atoms with Crippen LogP contribution >= 0.6 is 0 Å². The van der Waals surface area contributed by atoms with Crippen LogP contribution in [-0.2, 0) is 9.59 Å². The monoisotopic (exact) mass is 495 g/mol. The van der Waals surface area contributed by atoms with Gasteiger partial charge in [0.1, 0.15) is 0 Å². The summed E-state index contributed by atoms with van der Waals surface area (Å²) in [4.78, 5) is 27.6. The van der Waals surface area contributed by atoms with Crippen molar-refractivity contribution in [3.05, 3.63) is 11.6 Å². The van der Waals surface area contributed by atoms with Crippen LogP contribution in [0.15, 0.2) is 11.6 Å². The zero-order valence-corrected chi connectivity index (χ0v) is 20.9. The molecule has 0 heterocycles. The number of hydrogen-bond donors (Lipinski definition) is 3. The lowest BCUT2D eigenvalue weighted by molar-refractivity contribution is -0.155. The van der Waals surface area contributed by atoms with Crippen LogP contribution in [0, 0.1) is 34.5 Å². The average molecular weight is 496 g/mol. The molecular formula is C27H39F2NO5. The fourth-order valence-corrected chi connectivity index (χ4v) is 8.57. The van der Waals surface area contributed by atoms with E-state index >= 15 is 0 Å². The zero-order chi connectivity index (χ0) is 25.5. The minimum absolute atomic E-state index is 0.0928. The molecule has 35 heavy (non-hydrogen) atoms. The molecule has 6 nitrogen and oxygen atoms in total. The number of alkyl halides is 2. The number of halogens is 2. The van der Waals surface area contributed by atoms with Gasteiger partial charge in [0.2, 0.25) is 5.91 Å². The second kappa shape index (κ2) is 8.32. The van der Waals surface area contributed by atoms with E-state index in [-0.39, 0.29) is 35.9 Å². The maximum absolute atomic E-state index is 13.5. The Kier molecular flexibility index (Phi) is 6.01. The van der Waals surface area contributed by atoms with Gasteiger partial charge in [-0.3, -0.25) is 9.59 Å². The van der Waals surface area contributed by atoms with Gasteiger partial charge in [-0.2, -0.15) is 0 Å². The molecule has 0 aromatic rings. The van der Waals surface area contributed by atoms with E-state index in [0.29, 0.717) is 37.7 Å². The largest absolute Gasteiger partial charge is 0.390 e. The van der Waals surface area contributed by atoms with Gasteiger partial charge in [0.05, 0.1) is 24.4 Å². The first kappa shape index (κ1) is 25.3. The molecule has 0 saturated heterocycles. The summed E-state index contributed by atoms with van der Waals surface area (Å²) in [5.74, 6) is -1.13. The number of carbonyl (C=O) groups excluding carboxylic acids is 2. The van der Waals surface area contributed by atoms with Crippen molar-refractivity contribution in [1.82, 2.24) is 4.90 Å². The minimum Gasteiger partial charge on any atom is -0.390 e. The third kappa shape index (κ3) is 3.64. The quantitative estimate of drug-likeness (QED) is 0.545. The van der Waals surface area contributed by atoms with Gasteiger partial charge < -0.3 is 20.2 Å². The first-order valence-electron chi connectivity index (χ1n) is 13.3. The highest BCUT2D eigenvalue weighted by molar-refractivity contribution is 5.95. The van der Waals surface area contributed by atoms with Crippen molar-refractivity contribution in [3.8, 4) is 0 Å². The number of amides is 1. The maximum atomic E-state index is 13.5. The molecule has 0 bridgehead atoms. The van der Waals surface area contributed by atoms with Crippen LogP contribution in [0.25, 0.3) is 0 Å². The normalized spacial score (nSPS) is 45.9. The Hall–Kier alpha value is -1.38. The summed E-state index contributed by atoms with van der Waals surface area (Å²) in [6.45, 7) is 5.25. The minimum atomic E-state index is -2.62. The molecule has 196 valence electrons. The molecule has 0 spiro atoms. The van der Waals surface area contributed by atoms with E-state index in [1.807, 2.05) is 20.8 Å². The van der Waals surface area contributed by atoms with Gasteiger partial charge in [0.25, 0.3) is 6.43 Å². The van der Waals surface area contributed by atoms with Crippen molar-refractivity contribution in [3.63, 3.8) is 0 Å². The van der Waals surface area contributed by atoms with E-state index < -0.39 is 53.6 Å². The molecule has 3 N–H and O–H groups in total. The van der Waals surface area contributed by atoms with Crippen LogP contribution in [0.4, 0.5) is 8.78 Å². The van der Waals surface area contributed by atoms with Crippen molar-refractivity contribution in [2.24, 2.45) is 34.5 Å². The highest BCUT2D eigenvalue weighted by Gasteiger charge is 2.67.